The number of nitrogens with zero attached hydrogens (tertiary/aromatic N) is 2. The Morgan fingerprint density at radius 2 is 2.36 bits per heavy atom. The number of morpholine rings is 1. The summed E-state index contributed by atoms with van der Waals surface area (Å²) in [6.45, 7) is 6.68. The Balaban J connectivity index is 2.34. The van der Waals surface area contributed by atoms with Crippen molar-refractivity contribution >= 4 is 5.84 Å². The van der Waals surface area contributed by atoms with Crippen molar-refractivity contribution < 1.29 is 9.94 Å². The number of ether oxygens (including phenoxy) is 1. The highest BCUT2D eigenvalue weighted by molar-refractivity contribution is 5.79. The molecule has 1 saturated heterocycles. The molecule has 0 aromatic carbocycles. The number of amidine groups is 1. The SMILES string of the molecule is CC1CN(CC/C(N)=N/O)C(C)CO1. The fourth-order valence-corrected chi connectivity index (χ4v) is 1.59. The Hall–Kier alpha value is -0.810. The molecule has 82 valence electrons. The van der Waals surface area contributed by atoms with Crippen LogP contribution in [0.1, 0.15) is 20.3 Å². The van der Waals surface area contributed by atoms with Crippen molar-refractivity contribution in [2.24, 2.45) is 10.9 Å². The number of hydrogen-bond acceptors (Lipinski definition) is 4. The second kappa shape index (κ2) is 5.17. The molecule has 1 aliphatic rings. The van der Waals surface area contributed by atoms with Gasteiger partial charge in [-0.3, -0.25) is 4.90 Å². The van der Waals surface area contributed by atoms with Gasteiger partial charge in [0.15, 0.2) is 0 Å². The second-order valence-electron chi connectivity index (χ2n) is 3.83. The average molecular weight is 201 g/mol. The predicted octanol–water partition coefficient (Wildman–Crippen LogP) is 0.232. The van der Waals surface area contributed by atoms with Gasteiger partial charge < -0.3 is 15.7 Å². The van der Waals surface area contributed by atoms with Crippen molar-refractivity contribution in [3.8, 4) is 0 Å². The van der Waals surface area contributed by atoms with E-state index in [-0.39, 0.29) is 11.9 Å². The first-order chi connectivity index (χ1) is 6.63. The number of hydrogen-bond donors (Lipinski definition) is 2. The molecule has 1 fully saturated rings. The second-order valence-corrected chi connectivity index (χ2v) is 3.83. The van der Waals surface area contributed by atoms with Crippen LogP contribution in [0.2, 0.25) is 0 Å². The lowest BCUT2D eigenvalue weighted by molar-refractivity contribution is -0.0482. The van der Waals surface area contributed by atoms with Gasteiger partial charge in [-0.05, 0) is 13.8 Å². The summed E-state index contributed by atoms with van der Waals surface area (Å²) < 4.78 is 5.50. The van der Waals surface area contributed by atoms with Gasteiger partial charge >= 0.3 is 0 Å². The lowest BCUT2D eigenvalue weighted by Gasteiger charge is -2.36. The third-order valence-corrected chi connectivity index (χ3v) is 2.52. The molecule has 0 aromatic heterocycles. The molecular weight excluding hydrogens is 182 g/mol. The molecule has 0 amide bonds. The quantitative estimate of drug-likeness (QED) is 0.297. The predicted molar refractivity (Wildman–Crippen MR) is 54.5 cm³/mol. The number of rotatable bonds is 3. The van der Waals surface area contributed by atoms with E-state index in [0.717, 1.165) is 19.7 Å². The monoisotopic (exact) mass is 201 g/mol. The van der Waals surface area contributed by atoms with Crippen molar-refractivity contribution in [2.45, 2.75) is 32.4 Å². The summed E-state index contributed by atoms with van der Waals surface area (Å²) in [4.78, 5) is 2.30. The van der Waals surface area contributed by atoms with E-state index >= 15 is 0 Å². The maximum atomic E-state index is 8.40. The topological polar surface area (TPSA) is 71.1 Å². The molecule has 0 aromatic rings. The molecule has 0 bridgehead atoms. The van der Waals surface area contributed by atoms with Crippen LogP contribution >= 0.6 is 0 Å². The first-order valence-corrected chi connectivity index (χ1v) is 4.95. The van der Waals surface area contributed by atoms with E-state index in [2.05, 4.69) is 23.9 Å². The maximum Gasteiger partial charge on any atom is 0.140 e. The normalized spacial score (nSPS) is 30.6. The van der Waals surface area contributed by atoms with Gasteiger partial charge in [-0.1, -0.05) is 5.16 Å². The molecule has 2 unspecified atom stereocenters. The van der Waals surface area contributed by atoms with Gasteiger partial charge in [-0.2, -0.15) is 0 Å². The molecule has 0 radical (unpaired) electrons. The fourth-order valence-electron chi connectivity index (χ4n) is 1.59. The smallest absolute Gasteiger partial charge is 0.140 e. The van der Waals surface area contributed by atoms with E-state index < -0.39 is 0 Å². The van der Waals surface area contributed by atoms with Gasteiger partial charge in [0.2, 0.25) is 0 Å². The third-order valence-electron chi connectivity index (χ3n) is 2.52. The zero-order valence-electron chi connectivity index (χ0n) is 8.81. The van der Waals surface area contributed by atoms with Crippen molar-refractivity contribution in [1.82, 2.24) is 4.90 Å². The van der Waals surface area contributed by atoms with Crippen LogP contribution in [0.5, 0.6) is 0 Å². The summed E-state index contributed by atoms with van der Waals surface area (Å²) in [5.41, 5.74) is 5.41. The molecule has 5 nitrogen and oxygen atoms in total. The summed E-state index contributed by atoms with van der Waals surface area (Å²) in [5.74, 6) is 0.288. The molecule has 3 N–H and O–H groups in total. The molecule has 1 aliphatic heterocycles. The van der Waals surface area contributed by atoms with Crippen LogP contribution in [-0.4, -0.2) is 47.8 Å². The van der Waals surface area contributed by atoms with Crippen molar-refractivity contribution in [3.05, 3.63) is 0 Å². The Morgan fingerprint density at radius 3 is 3.00 bits per heavy atom. The van der Waals surface area contributed by atoms with Gasteiger partial charge in [0.05, 0.1) is 12.7 Å². The molecule has 1 rings (SSSR count). The molecule has 0 aliphatic carbocycles. The van der Waals surface area contributed by atoms with Crippen LogP contribution in [-0.2, 0) is 4.74 Å². The third kappa shape index (κ3) is 3.16. The summed E-state index contributed by atoms with van der Waals surface area (Å²) in [6.07, 6.45) is 0.881. The molecular formula is C9H19N3O2. The Morgan fingerprint density at radius 1 is 1.64 bits per heavy atom. The van der Waals surface area contributed by atoms with Gasteiger partial charge in [0.1, 0.15) is 5.84 Å². The highest BCUT2D eigenvalue weighted by Gasteiger charge is 2.22. The molecule has 0 spiro atoms. The van der Waals surface area contributed by atoms with Crippen LogP contribution in [0.25, 0.3) is 0 Å². The maximum absolute atomic E-state index is 8.40. The molecule has 1 heterocycles. The Kier molecular flexibility index (Phi) is 4.16. The van der Waals surface area contributed by atoms with Gasteiger partial charge in [0.25, 0.3) is 0 Å². The Bertz CT molecular complexity index is 208. The number of oxime groups is 1. The lowest BCUT2D eigenvalue weighted by atomic mass is 10.2. The van der Waals surface area contributed by atoms with Gasteiger partial charge in [-0.15, -0.1) is 0 Å². The highest BCUT2D eigenvalue weighted by Crippen LogP contribution is 2.11. The van der Waals surface area contributed by atoms with Crippen LogP contribution in [0.4, 0.5) is 0 Å². The van der Waals surface area contributed by atoms with Gasteiger partial charge in [-0.25, -0.2) is 0 Å². The van der Waals surface area contributed by atoms with E-state index in [4.69, 9.17) is 15.7 Å². The van der Waals surface area contributed by atoms with E-state index in [1.165, 1.54) is 0 Å². The minimum Gasteiger partial charge on any atom is -0.409 e. The minimum absolute atomic E-state index is 0.276. The largest absolute Gasteiger partial charge is 0.409 e. The van der Waals surface area contributed by atoms with Crippen molar-refractivity contribution in [3.63, 3.8) is 0 Å². The van der Waals surface area contributed by atoms with E-state index in [1.807, 2.05) is 0 Å². The number of nitrogens with two attached hydrogens (primary N) is 1. The van der Waals surface area contributed by atoms with Crippen molar-refractivity contribution in [1.29, 1.82) is 0 Å². The van der Waals surface area contributed by atoms with Crippen molar-refractivity contribution in [2.75, 3.05) is 19.7 Å². The van der Waals surface area contributed by atoms with Gasteiger partial charge in [0, 0.05) is 25.6 Å². The van der Waals surface area contributed by atoms with Crippen LogP contribution in [0.3, 0.4) is 0 Å². The first kappa shape index (κ1) is 11.3. The van der Waals surface area contributed by atoms with Crippen LogP contribution < -0.4 is 5.73 Å². The summed E-state index contributed by atoms with van der Waals surface area (Å²) in [7, 11) is 0. The highest BCUT2D eigenvalue weighted by atomic mass is 16.5. The summed E-state index contributed by atoms with van der Waals surface area (Å²) in [6, 6.07) is 0.415. The molecule has 14 heavy (non-hydrogen) atoms. The average Bonchev–Trinajstić information content (AvgIpc) is 2.19. The fraction of sp³-hybridized carbons (Fsp3) is 0.889. The summed E-state index contributed by atoms with van der Waals surface area (Å²) in [5, 5.41) is 11.4. The minimum atomic E-state index is 0.276. The standard InChI is InChI=1S/C9H19N3O2/c1-7-6-14-8(2)5-12(7)4-3-9(10)11-13/h7-8,13H,3-6H2,1-2H3,(H2,10,11). The van der Waals surface area contributed by atoms with E-state index in [0.29, 0.717) is 12.5 Å². The zero-order valence-corrected chi connectivity index (χ0v) is 8.81. The van der Waals surface area contributed by atoms with E-state index in [9.17, 15) is 0 Å². The lowest BCUT2D eigenvalue weighted by Crippen LogP contribution is -2.48. The summed E-state index contributed by atoms with van der Waals surface area (Å²) >= 11 is 0. The zero-order chi connectivity index (χ0) is 10.6. The van der Waals surface area contributed by atoms with E-state index in [1.54, 1.807) is 0 Å². The molecule has 0 saturated carbocycles. The van der Waals surface area contributed by atoms with Crippen LogP contribution in [0, 0.1) is 0 Å². The first-order valence-electron chi connectivity index (χ1n) is 4.95. The molecule has 5 heteroatoms. The Labute approximate surface area is 84.5 Å². The van der Waals surface area contributed by atoms with Crippen LogP contribution in [0.15, 0.2) is 5.16 Å². The molecule has 2 atom stereocenters.